The zero-order chi connectivity index (χ0) is 16.4. The van der Waals surface area contributed by atoms with Crippen LogP contribution >= 0.6 is 11.6 Å². The Morgan fingerprint density at radius 2 is 1.87 bits per heavy atom. The van der Waals surface area contributed by atoms with Crippen LogP contribution in [0.1, 0.15) is 23.2 Å². The Morgan fingerprint density at radius 1 is 1.22 bits per heavy atom. The number of anilines is 2. The van der Waals surface area contributed by atoms with E-state index in [1.165, 1.54) is 30.6 Å². The van der Waals surface area contributed by atoms with E-state index in [9.17, 15) is 9.18 Å². The molecule has 23 heavy (non-hydrogen) atoms. The summed E-state index contributed by atoms with van der Waals surface area (Å²) < 4.78 is 12.9. The van der Waals surface area contributed by atoms with E-state index in [-0.39, 0.29) is 23.3 Å². The standard InChI is InChI=1S/C16H16ClFN4O/c17-13-15(19)20-9-21-16(13)22-7-5-11(6-8-22)14(23)10-1-3-12(18)4-2-10/h1-4,9,11H,5-8H2,(H2,19,20,21). The van der Waals surface area contributed by atoms with Crippen LogP contribution in [0.4, 0.5) is 16.0 Å². The molecule has 1 saturated heterocycles. The molecule has 5 nitrogen and oxygen atoms in total. The second-order valence-electron chi connectivity index (χ2n) is 5.53. The normalized spacial score (nSPS) is 15.7. The van der Waals surface area contributed by atoms with Gasteiger partial charge in [-0.05, 0) is 37.1 Å². The molecular weight excluding hydrogens is 319 g/mol. The molecule has 1 fully saturated rings. The molecule has 120 valence electrons. The van der Waals surface area contributed by atoms with Crippen molar-refractivity contribution in [3.63, 3.8) is 0 Å². The van der Waals surface area contributed by atoms with Crippen LogP contribution in [0.25, 0.3) is 0 Å². The largest absolute Gasteiger partial charge is 0.382 e. The number of piperidine rings is 1. The number of carbonyl (C=O) groups excluding carboxylic acids is 1. The van der Waals surface area contributed by atoms with E-state index in [1.54, 1.807) is 0 Å². The number of carbonyl (C=O) groups is 1. The number of hydrogen-bond donors (Lipinski definition) is 1. The summed E-state index contributed by atoms with van der Waals surface area (Å²) in [6.45, 7) is 1.32. The average Bonchev–Trinajstić information content (AvgIpc) is 2.58. The fourth-order valence-electron chi connectivity index (χ4n) is 2.80. The Hall–Kier alpha value is -2.21. The van der Waals surface area contributed by atoms with E-state index in [2.05, 4.69) is 9.97 Å². The summed E-state index contributed by atoms with van der Waals surface area (Å²) in [5.74, 6) is 0.494. The van der Waals surface area contributed by atoms with Crippen molar-refractivity contribution < 1.29 is 9.18 Å². The number of ketones is 1. The zero-order valence-electron chi connectivity index (χ0n) is 12.4. The Balaban J connectivity index is 1.67. The van der Waals surface area contributed by atoms with Gasteiger partial charge in [0.05, 0.1) is 0 Å². The van der Waals surface area contributed by atoms with E-state index in [0.717, 1.165) is 0 Å². The van der Waals surface area contributed by atoms with E-state index >= 15 is 0 Å². The molecule has 7 heteroatoms. The maximum Gasteiger partial charge on any atom is 0.166 e. The lowest BCUT2D eigenvalue weighted by molar-refractivity contribution is 0.0900. The highest BCUT2D eigenvalue weighted by atomic mass is 35.5. The SMILES string of the molecule is Nc1ncnc(N2CCC(C(=O)c3ccc(F)cc3)CC2)c1Cl. The Kier molecular flexibility index (Phi) is 4.43. The van der Waals surface area contributed by atoms with Gasteiger partial charge in [0, 0.05) is 24.6 Å². The van der Waals surface area contributed by atoms with Gasteiger partial charge in [0.1, 0.15) is 23.0 Å². The fraction of sp³-hybridized carbons (Fsp3) is 0.312. The van der Waals surface area contributed by atoms with Gasteiger partial charge < -0.3 is 10.6 Å². The van der Waals surface area contributed by atoms with Gasteiger partial charge in [0.15, 0.2) is 11.6 Å². The Morgan fingerprint density at radius 3 is 2.52 bits per heavy atom. The number of nitrogen functional groups attached to an aromatic ring is 1. The van der Waals surface area contributed by atoms with Gasteiger partial charge >= 0.3 is 0 Å². The van der Waals surface area contributed by atoms with Crippen molar-refractivity contribution in [2.45, 2.75) is 12.8 Å². The molecule has 1 aliphatic heterocycles. The summed E-state index contributed by atoms with van der Waals surface area (Å²) in [6, 6.07) is 5.69. The predicted octanol–water partition coefficient (Wildman–Crippen LogP) is 2.95. The summed E-state index contributed by atoms with van der Waals surface area (Å²) in [7, 11) is 0. The highest BCUT2D eigenvalue weighted by Gasteiger charge is 2.27. The first-order chi connectivity index (χ1) is 11.1. The first kappa shape index (κ1) is 15.7. The lowest BCUT2D eigenvalue weighted by Gasteiger charge is -2.32. The number of nitrogens with two attached hydrogens (primary N) is 1. The van der Waals surface area contributed by atoms with Crippen LogP contribution in [0.2, 0.25) is 5.02 Å². The Labute approximate surface area is 138 Å². The highest BCUT2D eigenvalue weighted by molar-refractivity contribution is 6.35. The van der Waals surface area contributed by atoms with Crippen molar-refractivity contribution in [2.75, 3.05) is 23.7 Å². The first-order valence-electron chi connectivity index (χ1n) is 7.37. The maximum absolute atomic E-state index is 12.9. The topological polar surface area (TPSA) is 72.1 Å². The lowest BCUT2D eigenvalue weighted by Crippen LogP contribution is -2.37. The van der Waals surface area contributed by atoms with E-state index in [1.807, 2.05) is 4.90 Å². The van der Waals surface area contributed by atoms with Crippen LogP contribution in [-0.4, -0.2) is 28.8 Å². The summed E-state index contributed by atoms with van der Waals surface area (Å²) in [4.78, 5) is 22.5. The number of halogens is 2. The quantitative estimate of drug-likeness (QED) is 0.874. The molecule has 3 rings (SSSR count). The number of benzene rings is 1. The number of hydrogen-bond acceptors (Lipinski definition) is 5. The molecule has 0 aliphatic carbocycles. The van der Waals surface area contributed by atoms with E-state index < -0.39 is 0 Å². The number of aromatic nitrogens is 2. The molecule has 0 saturated carbocycles. The van der Waals surface area contributed by atoms with Crippen molar-refractivity contribution in [2.24, 2.45) is 5.92 Å². The first-order valence-corrected chi connectivity index (χ1v) is 7.74. The molecule has 0 bridgehead atoms. The van der Waals surface area contributed by atoms with Gasteiger partial charge in [-0.1, -0.05) is 11.6 Å². The molecule has 2 heterocycles. The lowest BCUT2D eigenvalue weighted by atomic mass is 9.89. The summed E-state index contributed by atoms with van der Waals surface area (Å²) in [6.07, 6.45) is 2.76. The smallest absolute Gasteiger partial charge is 0.166 e. The molecule has 2 aromatic rings. The van der Waals surface area contributed by atoms with Crippen molar-refractivity contribution in [3.8, 4) is 0 Å². The van der Waals surface area contributed by atoms with Crippen LogP contribution in [0.3, 0.4) is 0 Å². The Bertz CT molecular complexity index is 715. The minimum Gasteiger partial charge on any atom is -0.382 e. The number of Topliss-reactive ketones (excluding diaryl/α,β-unsaturated/α-hetero) is 1. The third-order valence-electron chi connectivity index (χ3n) is 4.09. The van der Waals surface area contributed by atoms with Crippen molar-refractivity contribution in [1.82, 2.24) is 9.97 Å². The van der Waals surface area contributed by atoms with Crippen LogP contribution in [0.5, 0.6) is 0 Å². The van der Waals surface area contributed by atoms with Crippen LogP contribution in [0.15, 0.2) is 30.6 Å². The highest BCUT2D eigenvalue weighted by Crippen LogP contribution is 2.31. The van der Waals surface area contributed by atoms with Gasteiger partial charge in [0.2, 0.25) is 0 Å². The van der Waals surface area contributed by atoms with Gasteiger partial charge in [-0.15, -0.1) is 0 Å². The molecule has 2 N–H and O–H groups in total. The van der Waals surface area contributed by atoms with Crippen LogP contribution in [0, 0.1) is 11.7 Å². The molecule has 1 aromatic carbocycles. The molecule has 1 aliphatic rings. The van der Waals surface area contributed by atoms with Gasteiger partial charge in [0.25, 0.3) is 0 Å². The number of nitrogens with zero attached hydrogens (tertiary/aromatic N) is 3. The molecule has 0 radical (unpaired) electrons. The third-order valence-corrected chi connectivity index (χ3v) is 4.45. The second-order valence-corrected chi connectivity index (χ2v) is 5.91. The minimum absolute atomic E-state index is 0.0537. The molecule has 0 unspecified atom stereocenters. The van der Waals surface area contributed by atoms with Crippen LogP contribution < -0.4 is 10.6 Å². The monoisotopic (exact) mass is 334 g/mol. The number of rotatable bonds is 3. The molecular formula is C16H16ClFN4O. The van der Waals surface area contributed by atoms with E-state index in [0.29, 0.717) is 42.3 Å². The predicted molar refractivity (Wildman–Crippen MR) is 87.1 cm³/mol. The van der Waals surface area contributed by atoms with Crippen molar-refractivity contribution in [1.29, 1.82) is 0 Å². The molecule has 1 aromatic heterocycles. The molecule has 0 amide bonds. The van der Waals surface area contributed by atoms with Gasteiger partial charge in [-0.2, -0.15) is 0 Å². The second kappa shape index (κ2) is 6.50. The maximum atomic E-state index is 12.9. The minimum atomic E-state index is -0.340. The summed E-state index contributed by atoms with van der Waals surface area (Å²) >= 11 is 6.14. The van der Waals surface area contributed by atoms with Gasteiger partial charge in [-0.25, -0.2) is 14.4 Å². The van der Waals surface area contributed by atoms with E-state index in [4.69, 9.17) is 17.3 Å². The van der Waals surface area contributed by atoms with Crippen molar-refractivity contribution >= 4 is 29.0 Å². The zero-order valence-corrected chi connectivity index (χ0v) is 13.1. The summed E-state index contributed by atoms with van der Waals surface area (Å²) in [5, 5.41) is 0.343. The van der Waals surface area contributed by atoms with Gasteiger partial charge in [-0.3, -0.25) is 4.79 Å². The third kappa shape index (κ3) is 3.27. The fourth-order valence-corrected chi connectivity index (χ4v) is 3.01. The van der Waals surface area contributed by atoms with Crippen LogP contribution in [-0.2, 0) is 0 Å². The van der Waals surface area contributed by atoms with Crippen molar-refractivity contribution in [3.05, 3.63) is 47.0 Å². The summed E-state index contributed by atoms with van der Waals surface area (Å²) in [5.41, 5.74) is 6.25. The molecule has 0 atom stereocenters. The molecule has 0 spiro atoms. The average molecular weight is 335 g/mol.